The monoisotopic (exact) mass is 312 g/mol. The first-order chi connectivity index (χ1) is 9.62. The second-order valence-corrected chi connectivity index (χ2v) is 8.15. The summed E-state index contributed by atoms with van der Waals surface area (Å²) in [4.78, 5) is 7.60. The lowest BCUT2D eigenvalue weighted by molar-refractivity contribution is 0.283. The Bertz CT molecular complexity index is 662. The predicted octanol–water partition coefficient (Wildman–Crippen LogP) is 2.02. The third-order valence-corrected chi connectivity index (χ3v) is 5.89. The molecule has 1 saturated heterocycles. The number of sulfone groups is 1. The molecular formula is C13H16N2O3S2. The third-order valence-electron chi connectivity index (χ3n) is 3.32. The average molecular weight is 312 g/mol. The van der Waals surface area contributed by atoms with E-state index in [0.717, 1.165) is 17.1 Å². The van der Waals surface area contributed by atoms with Crippen molar-refractivity contribution in [2.24, 2.45) is 0 Å². The number of rotatable bonds is 3. The zero-order chi connectivity index (χ0) is 14.0. The molecule has 2 aromatic rings. The lowest BCUT2D eigenvalue weighted by Gasteiger charge is -2.16. The Morgan fingerprint density at radius 1 is 1.35 bits per heavy atom. The maximum atomic E-state index is 11.6. The van der Waals surface area contributed by atoms with Gasteiger partial charge in [-0.3, -0.25) is 4.90 Å². The number of hydrogen-bond donors (Lipinski definition) is 0. The highest BCUT2D eigenvalue weighted by atomic mass is 32.2. The van der Waals surface area contributed by atoms with Gasteiger partial charge in [0.15, 0.2) is 9.84 Å². The quantitative estimate of drug-likeness (QED) is 0.867. The van der Waals surface area contributed by atoms with E-state index in [-0.39, 0.29) is 5.75 Å². The lowest BCUT2D eigenvalue weighted by Crippen LogP contribution is -2.26. The van der Waals surface area contributed by atoms with Crippen LogP contribution in [0.1, 0.15) is 12.1 Å². The van der Waals surface area contributed by atoms with Gasteiger partial charge in [0.2, 0.25) is 5.89 Å². The summed E-state index contributed by atoms with van der Waals surface area (Å²) < 4.78 is 28.6. The smallest absolute Gasteiger partial charge is 0.236 e. The molecule has 0 saturated carbocycles. The van der Waals surface area contributed by atoms with Crippen LogP contribution in [0.5, 0.6) is 0 Å². The van der Waals surface area contributed by atoms with Crippen molar-refractivity contribution in [3.05, 3.63) is 29.5 Å². The van der Waals surface area contributed by atoms with E-state index in [0.29, 0.717) is 31.2 Å². The molecule has 3 rings (SSSR count). The first-order valence-corrected chi connectivity index (χ1v) is 9.23. The van der Waals surface area contributed by atoms with Crippen LogP contribution in [0, 0.1) is 0 Å². The average Bonchev–Trinajstić information content (AvgIpc) is 3.03. The third kappa shape index (κ3) is 3.28. The molecule has 0 atom stereocenters. The largest absolute Gasteiger partial charge is 0.444 e. The van der Waals surface area contributed by atoms with Gasteiger partial charge >= 0.3 is 0 Å². The van der Waals surface area contributed by atoms with Crippen molar-refractivity contribution in [1.82, 2.24) is 9.88 Å². The van der Waals surface area contributed by atoms with Crippen LogP contribution in [0.25, 0.3) is 10.8 Å². The molecule has 108 valence electrons. The summed E-state index contributed by atoms with van der Waals surface area (Å²) in [5.41, 5.74) is 0.854. The molecule has 0 spiro atoms. The molecule has 2 aromatic heterocycles. The zero-order valence-corrected chi connectivity index (χ0v) is 12.6. The van der Waals surface area contributed by atoms with Crippen molar-refractivity contribution in [1.29, 1.82) is 0 Å². The van der Waals surface area contributed by atoms with E-state index in [1.807, 2.05) is 17.5 Å². The molecule has 0 N–H and O–H groups in total. The number of hydrogen-bond acceptors (Lipinski definition) is 6. The molecule has 1 fully saturated rings. The summed E-state index contributed by atoms with van der Waals surface area (Å²) in [7, 11) is -2.86. The number of thiophene rings is 1. The van der Waals surface area contributed by atoms with Crippen LogP contribution in [-0.4, -0.2) is 42.9 Å². The van der Waals surface area contributed by atoms with Crippen LogP contribution in [0.4, 0.5) is 0 Å². The molecule has 0 aromatic carbocycles. The van der Waals surface area contributed by atoms with Gasteiger partial charge < -0.3 is 4.42 Å². The van der Waals surface area contributed by atoms with Gasteiger partial charge in [0.05, 0.1) is 22.1 Å². The summed E-state index contributed by atoms with van der Waals surface area (Å²) in [6.45, 7) is 2.01. The highest BCUT2D eigenvalue weighted by molar-refractivity contribution is 7.91. The lowest BCUT2D eigenvalue weighted by atomic mass is 10.3. The van der Waals surface area contributed by atoms with Crippen LogP contribution >= 0.6 is 11.3 Å². The normalized spacial score (nSPS) is 19.8. The minimum Gasteiger partial charge on any atom is -0.444 e. The van der Waals surface area contributed by atoms with Crippen molar-refractivity contribution in [2.45, 2.75) is 13.0 Å². The number of nitrogens with zero attached hydrogens (tertiary/aromatic N) is 2. The molecule has 5 nitrogen and oxygen atoms in total. The Morgan fingerprint density at radius 2 is 2.25 bits per heavy atom. The molecule has 0 unspecified atom stereocenters. The Kier molecular flexibility index (Phi) is 3.91. The highest BCUT2D eigenvalue weighted by Crippen LogP contribution is 2.24. The standard InChI is InChI=1S/C13H16N2O3S2/c16-20(17)7-2-4-15(5-8-20)9-11-10-18-13(14-11)12-3-1-6-19-12/h1,3,6,10H,2,4-5,7-9H2. The van der Waals surface area contributed by atoms with E-state index in [9.17, 15) is 8.42 Å². The molecule has 0 amide bonds. The van der Waals surface area contributed by atoms with Crippen molar-refractivity contribution in [3.63, 3.8) is 0 Å². The van der Waals surface area contributed by atoms with Gasteiger partial charge in [-0.15, -0.1) is 11.3 Å². The van der Waals surface area contributed by atoms with E-state index in [1.165, 1.54) is 0 Å². The van der Waals surface area contributed by atoms with Gasteiger partial charge in [-0.1, -0.05) is 6.07 Å². The van der Waals surface area contributed by atoms with Crippen LogP contribution < -0.4 is 0 Å². The topological polar surface area (TPSA) is 63.4 Å². The van der Waals surface area contributed by atoms with Gasteiger partial charge in [-0.05, 0) is 24.4 Å². The number of aromatic nitrogens is 1. The summed E-state index contributed by atoms with van der Waals surface area (Å²) >= 11 is 1.59. The highest BCUT2D eigenvalue weighted by Gasteiger charge is 2.20. The summed E-state index contributed by atoms with van der Waals surface area (Å²) in [6, 6.07) is 3.93. The van der Waals surface area contributed by atoms with E-state index < -0.39 is 9.84 Å². The molecule has 0 bridgehead atoms. The molecule has 20 heavy (non-hydrogen) atoms. The van der Waals surface area contributed by atoms with Crippen LogP contribution in [0.15, 0.2) is 28.2 Å². The Morgan fingerprint density at radius 3 is 3.05 bits per heavy atom. The van der Waals surface area contributed by atoms with E-state index >= 15 is 0 Å². The second-order valence-electron chi connectivity index (χ2n) is 4.90. The van der Waals surface area contributed by atoms with Crippen molar-refractivity contribution in [3.8, 4) is 10.8 Å². The van der Waals surface area contributed by atoms with Gasteiger partial charge in [0.25, 0.3) is 0 Å². The predicted molar refractivity (Wildman–Crippen MR) is 78.4 cm³/mol. The second kappa shape index (κ2) is 5.67. The Labute approximate surface area is 122 Å². The fourth-order valence-electron chi connectivity index (χ4n) is 2.27. The maximum absolute atomic E-state index is 11.6. The zero-order valence-electron chi connectivity index (χ0n) is 11.0. The Balaban J connectivity index is 1.66. The summed E-state index contributed by atoms with van der Waals surface area (Å²) in [6.07, 6.45) is 2.35. The van der Waals surface area contributed by atoms with Gasteiger partial charge in [-0.2, -0.15) is 0 Å². The first kappa shape index (κ1) is 13.8. The van der Waals surface area contributed by atoms with Crippen LogP contribution in [0.2, 0.25) is 0 Å². The van der Waals surface area contributed by atoms with Crippen LogP contribution in [0.3, 0.4) is 0 Å². The SMILES string of the molecule is O=S1(=O)CCCN(Cc2coc(-c3cccs3)n2)CC1. The first-order valence-electron chi connectivity index (χ1n) is 6.53. The summed E-state index contributed by atoms with van der Waals surface area (Å²) in [5.74, 6) is 1.17. The minimum atomic E-state index is -2.86. The molecule has 1 aliphatic rings. The molecule has 0 radical (unpaired) electrons. The van der Waals surface area contributed by atoms with E-state index in [2.05, 4.69) is 9.88 Å². The van der Waals surface area contributed by atoms with Crippen molar-refractivity contribution >= 4 is 21.2 Å². The van der Waals surface area contributed by atoms with Gasteiger partial charge in [0.1, 0.15) is 6.26 Å². The Hall–Kier alpha value is -1.18. The van der Waals surface area contributed by atoms with Gasteiger partial charge in [0, 0.05) is 13.1 Å². The molecule has 7 heteroatoms. The van der Waals surface area contributed by atoms with Crippen molar-refractivity contribution < 1.29 is 12.8 Å². The molecule has 0 aliphatic carbocycles. The minimum absolute atomic E-state index is 0.239. The fourth-order valence-corrected chi connectivity index (χ4v) is 4.24. The molecule has 3 heterocycles. The fraction of sp³-hybridized carbons (Fsp3) is 0.462. The van der Waals surface area contributed by atoms with Crippen LogP contribution in [-0.2, 0) is 16.4 Å². The molecular weight excluding hydrogens is 296 g/mol. The molecule has 1 aliphatic heterocycles. The van der Waals surface area contributed by atoms with Crippen molar-refractivity contribution in [2.75, 3.05) is 24.6 Å². The number of oxazole rings is 1. The summed E-state index contributed by atoms with van der Waals surface area (Å²) in [5, 5.41) is 1.98. The van der Waals surface area contributed by atoms with E-state index in [4.69, 9.17) is 4.42 Å². The van der Waals surface area contributed by atoms with E-state index in [1.54, 1.807) is 17.6 Å². The maximum Gasteiger partial charge on any atom is 0.236 e. The van der Waals surface area contributed by atoms with Gasteiger partial charge in [-0.25, -0.2) is 13.4 Å².